The molecule has 178 valence electrons. The lowest BCUT2D eigenvalue weighted by Gasteiger charge is -2.10. The lowest BCUT2D eigenvalue weighted by atomic mass is 9.93. The van der Waals surface area contributed by atoms with Crippen molar-refractivity contribution in [1.82, 2.24) is 4.98 Å². The first-order chi connectivity index (χ1) is 17.5. The number of para-hydroxylation sites is 1. The molecule has 0 atom stereocenters. The number of aryl methyl sites for hydroxylation is 1. The van der Waals surface area contributed by atoms with Crippen LogP contribution in [0.5, 0.6) is 0 Å². The van der Waals surface area contributed by atoms with Gasteiger partial charge in [-0.1, -0.05) is 42.5 Å². The lowest BCUT2D eigenvalue weighted by molar-refractivity contribution is -0.138. The average Bonchev–Trinajstić information content (AvgIpc) is 3.36. The third kappa shape index (κ3) is 4.08. The molecule has 0 saturated heterocycles. The lowest BCUT2D eigenvalue weighted by Crippen LogP contribution is -2.10. The summed E-state index contributed by atoms with van der Waals surface area (Å²) in [6, 6.07) is 18.8. The van der Waals surface area contributed by atoms with Gasteiger partial charge in [0.1, 0.15) is 23.3 Å². The Labute approximate surface area is 208 Å². The highest BCUT2D eigenvalue weighted by Gasteiger charge is 2.36. The number of allylic oxidation sites excluding steroid dienone is 3. The van der Waals surface area contributed by atoms with Crippen LogP contribution >= 0.6 is 0 Å². The van der Waals surface area contributed by atoms with E-state index in [2.05, 4.69) is 4.98 Å². The third-order valence-corrected chi connectivity index (χ3v) is 5.92. The number of nitrogens with one attached hydrogen (secondary N) is 1. The van der Waals surface area contributed by atoms with Crippen molar-refractivity contribution in [2.45, 2.75) is 20.8 Å². The minimum atomic E-state index is -0.776. The second-order valence-electron chi connectivity index (χ2n) is 7.98. The van der Waals surface area contributed by atoms with Crippen molar-refractivity contribution in [2.75, 3.05) is 13.2 Å². The average molecular weight is 478 g/mol. The number of nitrogens with zero attached hydrogens (tertiary/aromatic N) is 2. The van der Waals surface area contributed by atoms with Gasteiger partial charge in [-0.05, 0) is 49.6 Å². The molecule has 0 aliphatic heterocycles. The zero-order valence-corrected chi connectivity index (χ0v) is 20.1. The Morgan fingerprint density at radius 2 is 1.36 bits per heavy atom. The van der Waals surface area contributed by atoms with E-state index in [4.69, 9.17) is 9.47 Å². The van der Waals surface area contributed by atoms with Crippen LogP contribution in [0.25, 0.3) is 28.1 Å². The van der Waals surface area contributed by atoms with Crippen LogP contribution in [0.1, 0.15) is 36.2 Å². The maximum absolute atomic E-state index is 12.9. The number of nitriles is 2. The number of benzene rings is 2. The minimum Gasteiger partial charge on any atom is -0.462 e. The molecule has 1 aliphatic rings. The first-order valence-corrected chi connectivity index (χ1v) is 11.5. The molecular weight excluding hydrogens is 454 g/mol. The molecular formula is C29H23N3O4. The Balaban J connectivity index is 2.17. The van der Waals surface area contributed by atoms with Crippen LogP contribution in [0.15, 0.2) is 65.3 Å². The van der Waals surface area contributed by atoms with Crippen molar-refractivity contribution in [1.29, 1.82) is 10.5 Å². The molecule has 0 unspecified atom stereocenters. The predicted octanol–water partition coefficient (Wildman–Crippen LogP) is 5.25. The number of aromatic amines is 1. The number of rotatable bonds is 5. The van der Waals surface area contributed by atoms with Crippen LogP contribution in [-0.4, -0.2) is 30.1 Å². The van der Waals surface area contributed by atoms with Gasteiger partial charge in [-0.3, -0.25) is 0 Å². The summed E-state index contributed by atoms with van der Waals surface area (Å²) < 4.78 is 10.4. The Morgan fingerprint density at radius 1 is 0.861 bits per heavy atom. The highest BCUT2D eigenvalue weighted by molar-refractivity contribution is 6.22. The van der Waals surface area contributed by atoms with E-state index in [1.165, 1.54) is 0 Å². The number of hydrogen-bond donors (Lipinski definition) is 1. The quantitative estimate of drug-likeness (QED) is 0.305. The molecule has 36 heavy (non-hydrogen) atoms. The smallest absolute Gasteiger partial charge is 0.349 e. The standard InChI is InChI=1S/C29H23N3O4/c1-4-35-28(33)23(15-30)26-19-11-6-7-12-20(19)27(24(16-31)29(34)36-5-2)22(26)14-21-17(3)32-25-13-9-8-10-18(21)25/h6-14,32H,4-5H2,1-3H3/b22-14?,26-23-,27-24+. The molecule has 0 fully saturated rings. The summed E-state index contributed by atoms with van der Waals surface area (Å²) in [5, 5.41) is 21.0. The molecule has 7 heteroatoms. The van der Waals surface area contributed by atoms with Crippen molar-refractivity contribution >= 4 is 40.1 Å². The molecule has 0 amide bonds. The molecule has 0 bridgehead atoms. The Morgan fingerprint density at radius 3 is 1.86 bits per heavy atom. The van der Waals surface area contributed by atoms with Crippen LogP contribution in [0.2, 0.25) is 0 Å². The highest BCUT2D eigenvalue weighted by atomic mass is 16.5. The van der Waals surface area contributed by atoms with Crippen LogP contribution in [0, 0.1) is 29.6 Å². The van der Waals surface area contributed by atoms with Crippen LogP contribution in [0.3, 0.4) is 0 Å². The molecule has 2 aromatic carbocycles. The summed E-state index contributed by atoms with van der Waals surface area (Å²) in [6.07, 6.45) is 1.81. The fourth-order valence-corrected chi connectivity index (χ4v) is 4.46. The van der Waals surface area contributed by atoms with E-state index in [0.717, 1.165) is 22.2 Å². The molecule has 0 radical (unpaired) electrons. The number of H-pyrrole nitrogens is 1. The van der Waals surface area contributed by atoms with Crippen LogP contribution < -0.4 is 0 Å². The molecule has 1 N–H and O–H groups in total. The molecule has 1 aromatic heterocycles. The normalized spacial score (nSPS) is 16.2. The number of fused-ring (bicyclic) bond motifs is 2. The summed E-state index contributed by atoms with van der Waals surface area (Å²) in [5.41, 5.74) is 4.28. The maximum atomic E-state index is 12.9. The topological polar surface area (TPSA) is 116 Å². The van der Waals surface area contributed by atoms with E-state index in [1.54, 1.807) is 38.1 Å². The van der Waals surface area contributed by atoms with Gasteiger partial charge in [-0.15, -0.1) is 0 Å². The minimum absolute atomic E-state index is 0.0918. The van der Waals surface area contributed by atoms with Gasteiger partial charge in [0, 0.05) is 33.3 Å². The fraction of sp³-hybridized carbons (Fsp3) is 0.172. The largest absolute Gasteiger partial charge is 0.462 e. The molecule has 1 aliphatic carbocycles. The van der Waals surface area contributed by atoms with E-state index >= 15 is 0 Å². The number of carbonyl (C=O) groups is 2. The van der Waals surface area contributed by atoms with Gasteiger partial charge in [-0.25, -0.2) is 9.59 Å². The van der Waals surface area contributed by atoms with Crippen molar-refractivity contribution in [3.63, 3.8) is 0 Å². The van der Waals surface area contributed by atoms with Crippen LogP contribution in [-0.2, 0) is 19.1 Å². The summed E-state index contributed by atoms with van der Waals surface area (Å²) in [6.45, 7) is 5.41. The van der Waals surface area contributed by atoms with Crippen molar-refractivity contribution in [3.8, 4) is 12.1 Å². The summed E-state index contributed by atoms with van der Waals surface area (Å²) in [7, 11) is 0. The van der Waals surface area contributed by atoms with Gasteiger partial charge in [0.05, 0.1) is 13.2 Å². The van der Waals surface area contributed by atoms with E-state index in [-0.39, 0.29) is 24.4 Å². The number of esters is 2. The first-order valence-electron chi connectivity index (χ1n) is 11.5. The van der Waals surface area contributed by atoms with E-state index < -0.39 is 11.9 Å². The zero-order chi connectivity index (χ0) is 25.8. The maximum Gasteiger partial charge on any atom is 0.349 e. The SMILES string of the molecule is CCOC(=O)/C(C#N)=C1/C(=Cc2c(C)[nH]c3ccccc23)/C(=C(/C#N)C(=O)OCC)c2ccccc21. The number of ether oxygens (including phenoxy) is 2. The molecule has 7 nitrogen and oxygen atoms in total. The first kappa shape index (κ1) is 24.3. The predicted molar refractivity (Wildman–Crippen MR) is 136 cm³/mol. The van der Waals surface area contributed by atoms with Gasteiger partial charge in [-0.2, -0.15) is 10.5 Å². The van der Waals surface area contributed by atoms with Gasteiger partial charge in [0.15, 0.2) is 0 Å². The van der Waals surface area contributed by atoms with Crippen LogP contribution in [0.4, 0.5) is 0 Å². The zero-order valence-electron chi connectivity index (χ0n) is 20.1. The van der Waals surface area contributed by atoms with E-state index in [1.807, 2.05) is 49.4 Å². The number of carbonyl (C=O) groups excluding carboxylic acids is 2. The van der Waals surface area contributed by atoms with E-state index in [9.17, 15) is 20.1 Å². The second-order valence-corrected chi connectivity index (χ2v) is 7.98. The highest BCUT2D eigenvalue weighted by Crippen LogP contribution is 2.49. The molecule has 1 heterocycles. The molecule has 0 saturated carbocycles. The Kier molecular flexibility index (Phi) is 6.85. The van der Waals surface area contributed by atoms with Gasteiger partial charge in [0.2, 0.25) is 0 Å². The second kappa shape index (κ2) is 10.2. The molecule has 0 spiro atoms. The summed E-state index contributed by atoms with van der Waals surface area (Å²) in [5.74, 6) is -1.55. The summed E-state index contributed by atoms with van der Waals surface area (Å²) >= 11 is 0. The van der Waals surface area contributed by atoms with Crippen molar-refractivity contribution in [2.24, 2.45) is 0 Å². The number of hydrogen-bond acceptors (Lipinski definition) is 6. The Bertz CT molecular complexity index is 1500. The third-order valence-electron chi connectivity index (χ3n) is 5.92. The molecule has 4 rings (SSSR count). The monoisotopic (exact) mass is 477 g/mol. The van der Waals surface area contributed by atoms with Gasteiger partial charge >= 0.3 is 11.9 Å². The van der Waals surface area contributed by atoms with E-state index in [0.29, 0.717) is 27.8 Å². The Hall–Kier alpha value is -4.88. The van der Waals surface area contributed by atoms with Crippen molar-refractivity contribution < 1.29 is 19.1 Å². The molecule has 3 aromatic rings. The van der Waals surface area contributed by atoms with Gasteiger partial charge in [0.25, 0.3) is 0 Å². The number of aromatic nitrogens is 1. The van der Waals surface area contributed by atoms with Gasteiger partial charge < -0.3 is 14.5 Å². The van der Waals surface area contributed by atoms with Crippen molar-refractivity contribution in [3.05, 3.63) is 87.6 Å². The summed E-state index contributed by atoms with van der Waals surface area (Å²) in [4.78, 5) is 29.1. The fourth-order valence-electron chi connectivity index (χ4n) is 4.46.